The molecule has 4 heterocycles. The van der Waals surface area contributed by atoms with Crippen LogP contribution in [0.5, 0.6) is 0 Å². The minimum absolute atomic E-state index is 0.0597. The molecule has 4 aromatic rings. The molecule has 1 saturated heterocycles. The van der Waals surface area contributed by atoms with Crippen molar-refractivity contribution in [2.24, 2.45) is 13.0 Å². The minimum Gasteiger partial charge on any atom is -0.341 e. The van der Waals surface area contributed by atoms with Gasteiger partial charge in [-0.2, -0.15) is 4.98 Å². The number of aryl methyl sites for hydroxylation is 2. The van der Waals surface area contributed by atoms with Crippen LogP contribution in [0.25, 0.3) is 11.2 Å². The van der Waals surface area contributed by atoms with Crippen molar-refractivity contribution in [1.82, 2.24) is 29.1 Å². The van der Waals surface area contributed by atoms with Crippen molar-refractivity contribution in [2.45, 2.75) is 58.9 Å². The molecular weight excluding hydrogens is 450 g/mol. The number of Topliss-reactive ketones (excluding diaryl/α,β-unsaturated/α-hetero) is 1. The van der Waals surface area contributed by atoms with Crippen LogP contribution in [0.3, 0.4) is 0 Å². The van der Waals surface area contributed by atoms with Crippen molar-refractivity contribution in [3.8, 4) is 0 Å². The molecule has 8 nitrogen and oxygen atoms in total. The number of rotatable bonds is 6. The molecule has 8 heteroatoms. The molecule has 0 radical (unpaired) electrons. The number of imidazole rings is 2. The van der Waals surface area contributed by atoms with Crippen LogP contribution in [0, 0.1) is 12.8 Å². The van der Waals surface area contributed by atoms with E-state index in [9.17, 15) is 4.79 Å². The van der Waals surface area contributed by atoms with Crippen LogP contribution in [0.1, 0.15) is 56.0 Å². The Morgan fingerprint density at radius 1 is 1.11 bits per heavy atom. The Kier molecular flexibility index (Phi) is 6.36. The molecule has 1 fully saturated rings. The lowest BCUT2D eigenvalue weighted by Crippen LogP contribution is -2.38. The van der Waals surface area contributed by atoms with Gasteiger partial charge >= 0.3 is 0 Å². The van der Waals surface area contributed by atoms with Gasteiger partial charge in [0.15, 0.2) is 11.4 Å². The van der Waals surface area contributed by atoms with Crippen LogP contribution >= 0.6 is 0 Å². The maximum absolute atomic E-state index is 12.8. The Hall–Kier alpha value is -3.55. The number of carbonyl (C=O) groups is 1. The van der Waals surface area contributed by atoms with Crippen molar-refractivity contribution in [2.75, 3.05) is 18.0 Å². The van der Waals surface area contributed by atoms with Crippen molar-refractivity contribution in [1.29, 1.82) is 0 Å². The van der Waals surface area contributed by atoms with E-state index in [-0.39, 0.29) is 17.1 Å². The largest absolute Gasteiger partial charge is 0.341 e. The lowest BCUT2D eigenvalue weighted by Gasteiger charge is -2.31. The van der Waals surface area contributed by atoms with Crippen LogP contribution in [0.4, 0.5) is 5.95 Å². The van der Waals surface area contributed by atoms with Gasteiger partial charge in [-0.1, -0.05) is 39.0 Å². The summed E-state index contributed by atoms with van der Waals surface area (Å²) in [5.74, 6) is 1.04. The second kappa shape index (κ2) is 9.48. The summed E-state index contributed by atoms with van der Waals surface area (Å²) >= 11 is 0. The molecule has 0 saturated carbocycles. The number of ketones is 1. The van der Waals surface area contributed by atoms with Crippen LogP contribution in [-0.2, 0) is 30.2 Å². The lowest BCUT2D eigenvalue weighted by molar-refractivity contribution is -0.124. The molecule has 188 valence electrons. The van der Waals surface area contributed by atoms with E-state index in [0.717, 1.165) is 49.2 Å². The molecule has 0 N–H and O–H groups in total. The summed E-state index contributed by atoms with van der Waals surface area (Å²) in [6.07, 6.45) is 9.39. The SMILES string of the molecule is Cc1ccc(C(C)(C)C)cc1Cc1nc(N2CCC(C(=O)Cn3ccnc3)CC2)nc2ncn(C)c12. The molecule has 5 rings (SSSR count). The van der Waals surface area contributed by atoms with Crippen molar-refractivity contribution in [3.63, 3.8) is 0 Å². The van der Waals surface area contributed by atoms with Crippen LogP contribution in [0.2, 0.25) is 0 Å². The fourth-order valence-electron chi connectivity index (χ4n) is 4.99. The third-order valence-corrected chi connectivity index (χ3v) is 7.34. The number of anilines is 1. The zero-order chi connectivity index (χ0) is 25.4. The first-order valence-electron chi connectivity index (χ1n) is 12.7. The molecule has 0 aliphatic carbocycles. The first kappa shape index (κ1) is 24.2. The summed E-state index contributed by atoms with van der Waals surface area (Å²) in [4.78, 5) is 33.5. The fourth-order valence-corrected chi connectivity index (χ4v) is 4.99. The highest BCUT2D eigenvalue weighted by Crippen LogP contribution is 2.29. The summed E-state index contributed by atoms with van der Waals surface area (Å²) in [6, 6.07) is 6.75. The van der Waals surface area contributed by atoms with Gasteiger partial charge in [0.1, 0.15) is 5.52 Å². The van der Waals surface area contributed by atoms with E-state index >= 15 is 0 Å². The summed E-state index contributed by atoms with van der Waals surface area (Å²) < 4.78 is 3.86. The topological polar surface area (TPSA) is 81.7 Å². The smallest absolute Gasteiger partial charge is 0.227 e. The zero-order valence-corrected chi connectivity index (χ0v) is 21.9. The van der Waals surface area contributed by atoms with Crippen LogP contribution in [0.15, 0.2) is 43.2 Å². The quantitative estimate of drug-likeness (QED) is 0.406. The van der Waals surface area contributed by atoms with E-state index < -0.39 is 0 Å². The average Bonchev–Trinajstić information content (AvgIpc) is 3.49. The Bertz CT molecular complexity index is 1370. The highest BCUT2D eigenvalue weighted by molar-refractivity contribution is 5.81. The Morgan fingerprint density at radius 3 is 2.58 bits per heavy atom. The standard InChI is InChI=1S/C28H35N7O/c1-19-6-7-22(28(2,3)4)14-21(19)15-23-25-26(30-18-33(25)5)32-27(31-23)35-11-8-20(9-12-35)24(36)16-34-13-10-29-17-34/h6-7,10,13-14,17-18,20H,8-9,11-12,15-16H2,1-5H3. The second-order valence-corrected chi connectivity index (χ2v) is 11.0. The number of hydrogen-bond acceptors (Lipinski definition) is 6. The van der Waals surface area contributed by atoms with Gasteiger partial charge < -0.3 is 14.0 Å². The van der Waals surface area contributed by atoms with E-state index in [0.29, 0.717) is 12.5 Å². The van der Waals surface area contributed by atoms with E-state index in [2.05, 4.69) is 60.8 Å². The number of hydrogen-bond donors (Lipinski definition) is 0. The molecular formula is C28H35N7O. The number of carbonyl (C=O) groups excluding carboxylic acids is 1. The first-order valence-corrected chi connectivity index (χ1v) is 12.7. The van der Waals surface area contributed by atoms with E-state index in [1.54, 1.807) is 12.5 Å². The van der Waals surface area contributed by atoms with Gasteiger partial charge in [0.2, 0.25) is 5.95 Å². The van der Waals surface area contributed by atoms with Crippen molar-refractivity contribution < 1.29 is 4.79 Å². The molecule has 0 bridgehead atoms. The summed E-state index contributed by atoms with van der Waals surface area (Å²) in [5, 5.41) is 0. The van der Waals surface area contributed by atoms with Gasteiger partial charge in [0, 0.05) is 44.9 Å². The van der Waals surface area contributed by atoms with Gasteiger partial charge in [-0.05, 0) is 41.9 Å². The van der Waals surface area contributed by atoms with E-state index in [1.807, 2.05) is 28.7 Å². The Morgan fingerprint density at radius 2 is 1.89 bits per heavy atom. The van der Waals surface area contributed by atoms with Gasteiger partial charge in [0.05, 0.1) is 24.9 Å². The van der Waals surface area contributed by atoms with Crippen molar-refractivity contribution >= 4 is 22.9 Å². The van der Waals surface area contributed by atoms with Gasteiger partial charge in [0.25, 0.3) is 0 Å². The third-order valence-electron chi connectivity index (χ3n) is 7.34. The van der Waals surface area contributed by atoms with Gasteiger partial charge in [-0.3, -0.25) is 4.79 Å². The number of fused-ring (bicyclic) bond motifs is 1. The van der Waals surface area contributed by atoms with Crippen LogP contribution < -0.4 is 4.90 Å². The molecule has 1 aliphatic rings. The fraction of sp³-hybridized carbons (Fsp3) is 0.464. The summed E-state index contributed by atoms with van der Waals surface area (Å²) in [5.41, 5.74) is 6.63. The number of piperidine rings is 1. The Balaban J connectivity index is 1.39. The molecule has 1 aliphatic heterocycles. The molecule has 0 atom stereocenters. The highest BCUT2D eigenvalue weighted by atomic mass is 16.1. The third kappa shape index (κ3) is 4.90. The molecule has 1 aromatic carbocycles. The maximum Gasteiger partial charge on any atom is 0.227 e. The minimum atomic E-state index is 0.0597. The molecule has 0 spiro atoms. The summed E-state index contributed by atoms with van der Waals surface area (Å²) in [7, 11) is 2.00. The average molecular weight is 486 g/mol. The second-order valence-electron chi connectivity index (χ2n) is 11.0. The number of aromatic nitrogens is 6. The van der Waals surface area contributed by atoms with Crippen molar-refractivity contribution in [3.05, 3.63) is 65.6 Å². The van der Waals surface area contributed by atoms with Crippen LogP contribution in [-0.4, -0.2) is 47.9 Å². The Labute approximate surface area is 212 Å². The summed E-state index contributed by atoms with van der Waals surface area (Å²) in [6.45, 7) is 10.8. The first-order chi connectivity index (χ1) is 17.2. The lowest BCUT2D eigenvalue weighted by atomic mass is 9.84. The highest BCUT2D eigenvalue weighted by Gasteiger charge is 2.27. The van der Waals surface area contributed by atoms with Gasteiger partial charge in [-0.25, -0.2) is 15.0 Å². The molecule has 0 unspecified atom stereocenters. The normalized spacial score (nSPS) is 15.1. The van der Waals surface area contributed by atoms with Gasteiger partial charge in [-0.15, -0.1) is 0 Å². The number of nitrogens with zero attached hydrogens (tertiary/aromatic N) is 7. The molecule has 0 amide bonds. The van der Waals surface area contributed by atoms with E-state index in [1.165, 1.54) is 16.7 Å². The zero-order valence-electron chi connectivity index (χ0n) is 21.9. The maximum atomic E-state index is 12.8. The van der Waals surface area contributed by atoms with E-state index in [4.69, 9.17) is 9.97 Å². The monoisotopic (exact) mass is 485 g/mol. The predicted molar refractivity (Wildman–Crippen MR) is 141 cm³/mol. The molecule has 3 aromatic heterocycles. The number of benzene rings is 1. The molecule has 36 heavy (non-hydrogen) atoms. The predicted octanol–water partition coefficient (Wildman–Crippen LogP) is 4.24.